The molecule has 2 amide bonds. The summed E-state index contributed by atoms with van der Waals surface area (Å²) in [5.74, 6) is -0.587. The van der Waals surface area contributed by atoms with Crippen LogP contribution in [0.2, 0.25) is 0 Å². The summed E-state index contributed by atoms with van der Waals surface area (Å²) in [6.07, 6.45) is 0. The molecule has 0 N–H and O–H groups in total. The molecule has 0 aliphatic carbocycles. The number of nitrogens with zero attached hydrogens (tertiary/aromatic N) is 2. The van der Waals surface area contributed by atoms with Gasteiger partial charge >= 0.3 is 0 Å². The molecule has 84 valence electrons. The van der Waals surface area contributed by atoms with Crippen molar-refractivity contribution in [2.75, 3.05) is 5.01 Å². The molecule has 0 spiro atoms. The van der Waals surface area contributed by atoms with E-state index in [2.05, 4.69) is 0 Å². The first kappa shape index (κ1) is 12.3. The monoisotopic (exact) mass is 236 g/mol. The zero-order chi connectivity index (χ0) is 12.1. The van der Waals surface area contributed by atoms with Gasteiger partial charge in [-0.3, -0.25) is 9.59 Å². The molecule has 0 aliphatic rings. The van der Waals surface area contributed by atoms with Gasteiger partial charge in [-0.1, -0.05) is 30.4 Å². The van der Waals surface area contributed by atoms with E-state index in [4.69, 9.17) is 12.2 Å². The summed E-state index contributed by atoms with van der Waals surface area (Å²) in [7, 11) is 0. The van der Waals surface area contributed by atoms with Crippen molar-refractivity contribution in [3.63, 3.8) is 0 Å². The Kier molecular flexibility index (Phi) is 4.13. The molecule has 0 radical (unpaired) electrons. The van der Waals surface area contributed by atoms with E-state index in [1.54, 1.807) is 24.3 Å². The lowest BCUT2D eigenvalue weighted by molar-refractivity contribution is -0.130. The summed E-state index contributed by atoms with van der Waals surface area (Å²) < 4.78 is 0. The highest BCUT2D eigenvalue weighted by Gasteiger charge is 2.20. The Hall–Kier alpha value is -1.75. The van der Waals surface area contributed by atoms with Crippen LogP contribution in [-0.2, 0) is 9.59 Å². The third-order valence-electron chi connectivity index (χ3n) is 1.94. The first-order valence-electron chi connectivity index (χ1n) is 4.68. The highest BCUT2D eigenvalue weighted by atomic mass is 32.1. The van der Waals surface area contributed by atoms with Crippen LogP contribution in [0.5, 0.6) is 0 Å². The molecule has 16 heavy (non-hydrogen) atoms. The lowest BCUT2D eigenvalue weighted by Crippen LogP contribution is -2.47. The molecule has 0 heterocycles. The predicted molar refractivity (Wildman–Crippen MR) is 65.8 cm³/mol. The molecule has 0 saturated carbocycles. The van der Waals surface area contributed by atoms with Crippen molar-refractivity contribution in [3.8, 4) is 0 Å². The highest BCUT2D eigenvalue weighted by molar-refractivity contribution is 7.78. The smallest absolute Gasteiger partial charge is 0.243 e. The summed E-state index contributed by atoms with van der Waals surface area (Å²) in [5, 5.41) is 2.34. The van der Waals surface area contributed by atoms with Gasteiger partial charge in [0.1, 0.15) is 0 Å². The number of hydrazine groups is 1. The van der Waals surface area contributed by atoms with Gasteiger partial charge in [0.25, 0.3) is 0 Å². The molecule has 0 unspecified atom stereocenters. The fraction of sp³-hybridized carbons (Fsp3) is 0.182. The second-order valence-corrected chi connectivity index (χ2v) is 3.35. The van der Waals surface area contributed by atoms with Crippen molar-refractivity contribution in [1.82, 2.24) is 5.01 Å². The van der Waals surface area contributed by atoms with Crippen LogP contribution in [-0.4, -0.2) is 22.3 Å². The van der Waals surface area contributed by atoms with E-state index in [1.807, 2.05) is 6.07 Å². The van der Waals surface area contributed by atoms with Crippen molar-refractivity contribution in [1.29, 1.82) is 0 Å². The number of thiocarbonyl (C=S) groups is 1. The number of hydrogen-bond donors (Lipinski definition) is 0. The normalized spacial score (nSPS) is 9.38. The number of benzene rings is 1. The predicted octanol–water partition coefficient (Wildman–Crippen LogP) is 1.76. The second kappa shape index (κ2) is 5.37. The van der Waals surface area contributed by atoms with E-state index in [9.17, 15) is 9.59 Å². The van der Waals surface area contributed by atoms with Gasteiger partial charge in [-0.2, -0.15) is 0 Å². The fourth-order valence-electron chi connectivity index (χ4n) is 1.29. The third kappa shape index (κ3) is 2.64. The van der Waals surface area contributed by atoms with Crippen LogP contribution in [0.4, 0.5) is 5.69 Å². The maximum Gasteiger partial charge on any atom is 0.243 e. The summed E-state index contributed by atoms with van der Waals surface area (Å²) in [6.45, 7) is 2.73. The molecule has 1 rings (SSSR count). The summed E-state index contributed by atoms with van der Waals surface area (Å²) in [5.41, 5.74) is 1.75. The van der Waals surface area contributed by atoms with Gasteiger partial charge < -0.3 is 0 Å². The Morgan fingerprint density at radius 2 is 1.69 bits per heavy atom. The van der Waals surface area contributed by atoms with Gasteiger partial charge in [0, 0.05) is 13.8 Å². The van der Waals surface area contributed by atoms with Crippen LogP contribution in [0, 0.1) is 0 Å². The molecule has 0 aromatic heterocycles. The van der Waals surface area contributed by atoms with Crippen molar-refractivity contribution >= 4 is 35.2 Å². The quantitative estimate of drug-likeness (QED) is 0.580. The van der Waals surface area contributed by atoms with Crippen LogP contribution >= 0.6 is 12.2 Å². The molecule has 5 heteroatoms. The number of anilines is 1. The van der Waals surface area contributed by atoms with Crippen molar-refractivity contribution in [3.05, 3.63) is 30.3 Å². The Labute approximate surface area is 99.4 Å². The first-order chi connectivity index (χ1) is 7.57. The standard InChI is InChI=1S/C11H12N2O2S/c1-9(14)12(8-16)13(10(2)15)11-6-4-3-5-7-11/h3-8H,1-2H3. The number of amides is 2. The van der Waals surface area contributed by atoms with E-state index in [0.717, 1.165) is 10.5 Å². The van der Waals surface area contributed by atoms with Gasteiger partial charge in [0.2, 0.25) is 11.8 Å². The Morgan fingerprint density at radius 3 is 2.06 bits per heavy atom. The largest absolute Gasteiger partial charge is 0.273 e. The number of para-hydroxylation sites is 1. The van der Waals surface area contributed by atoms with E-state index < -0.39 is 0 Å². The summed E-state index contributed by atoms with van der Waals surface area (Å²) in [6, 6.07) is 8.86. The zero-order valence-electron chi connectivity index (χ0n) is 9.08. The fourth-order valence-corrected chi connectivity index (χ4v) is 1.53. The number of rotatable bonds is 2. The summed E-state index contributed by atoms with van der Waals surface area (Å²) >= 11 is 4.73. The van der Waals surface area contributed by atoms with Crippen molar-refractivity contribution in [2.24, 2.45) is 0 Å². The second-order valence-electron chi connectivity index (χ2n) is 3.14. The third-order valence-corrected chi connectivity index (χ3v) is 2.14. The lowest BCUT2D eigenvalue weighted by atomic mass is 10.3. The number of carbonyl (C=O) groups is 2. The summed E-state index contributed by atoms with van der Waals surface area (Å²) in [4.78, 5) is 22.8. The van der Waals surface area contributed by atoms with Gasteiger partial charge in [0.15, 0.2) is 0 Å². The average molecular weight is 236 g/mol. The van der Waals surface area contributed by atoms with Crippen molar-refractivity contribution < 1.29 is 9.59 Å². The van der Waals surface area contributed by atoms with E-state index in [-0.39, 0.29) is 11.8 Å². The topological polar surface area (TPSA) is 40.6 Å². The van der Waals surface area contributed by atoms with E-state index in [0.29, 0.717) is 5.69 Å². The minimum atomic E-state index is -0.311. The Balaban J connectivity index is 3.14. The van der Waals surface area contributed by atoms with Crippen LogP contribution in [0.1, 0.15) is 13.8 Å². The molecule has 0 saturated heterocycles. The minimum Gasteiger partial charge on any atom is -0.273 e. The number of carbonyl (C=O) groups excluding carboxylic acids is 2. The maximum absolute atomic E-state index is 11.5. The Bertz CT molecular complexity index is 406. The van der Waals surface area contributed by atoms with Gasteiger partial charge in [-0.15, -0.1) is 0 Å². The van der Waals surface area contributed by atoms with Gasteiger partial charge in [-0.25, -0.2) is 10.0 Å². The Morgan fingerprint density at radius 1 is 1.12 bits per heavy atom. The molecule has 1 aromatic rings. The first-order valence-corrected chi connectivity index (χ1v) is 5.16. The van der Waals surface area contributed by atoms with E-state index in [1.165, 1.54) is 18.9 Å². The van der Waals surface area contributed by atoms with Crippen LogP contribution in [0.25, 0.3) is 0 Å². The number of hydrogen-bond acceptors (Lipinski definition) is 3. The van der Waals surface area contributed by atoms with Gasteiger partial charge in [-0.05, 0) is 12.1 Å². The van der Waals surface area contributed by atoms with Crippen molar-refractivity contribution in [2.45, 2.75) is 13.8 Å². The van der Waals surface area contributed by atoms with Crippen LogP contribution in [0.3, 0.4) is 0 Å². The molecule has 1 aromatic carbocycles. The lowest BCUT2D eigenvalue weighted by Gasteiger charge is -2.29. The zero-order valence-corrected chi connectivity index (χ0v) is 9.90. The van der Waals surface area contributed by atoms with E-state index >= 15 is 0 Å². The SMILES string of the molecule is CC(=O)N(C=S)N(C(C)=O)c1ccccc1. The average Bonchev–Trinajstić information content (AvgIpc) is 2.25. The van der Waals surface area contributed by atoms with Gasteiger partial charge in [0.05, 0.1) is 11.2 Å². The molecule has 0 atom stereocenters. The minimum absolute atomic E-state index is 0.275. The molecule has 4 nitrogen and oxygen atoms in total. The maximum atomic E-state index is 11.5. The molecule has 0 bridgehead atoms. The highest BCUT2D eigenvalue weighted by Crippen LogP contribution is 2.15. The molecular formula is C11H12N2O2S. The molecule has 0 fully saturated rings. The molecular weight excluding hydrogens is 224 g/mol. The molecule has 0 aliphatic heterocycles. The van der Waals surface area contributed by atoms with Crippen LogP contribution < -0.4 is 5.01 Å². The van der Waals surface area contributed by atoms with Crippen LogP contribution in [0.15, 0.2) is 30.3 Å².